The fourth-order valence-electron chi connectivity index (χ4n) is 1.27. The van der Waals surface area contributed by atoms with Gasteiger partial charge in [0.25, 0.3) is 0 Å². The Bertz CT molecular complexity index is 153. The van der Waals surface area contributed by atoms with E-state index in [1.807, 2.05) is 0 Å². The first-order valence-corrected chi connectivity index (χ1v) is 5.50. The fourth-order valence-corrected chi connectivity index (χ4v) is 1.27. The third kappa shape index (κ3) is 6.83. The van der Waals surface area contributed by atoms with Crippen LogP contribution in [0, 0.1) is 5.92 Å². The Morgan fingerprint density at radius 3 is 2.69 bits per heavy atom. The number of unbranched alkanes of at least 4 members (excludes halogenated alkanes) is 2. The molecule has 0 unspecified atom stereocenters. The summed E-state index contributed by atoms with van der Waals surface area (Å²) in [5.41, 5.74) is 1.43. The molecule has 13 heavy (non-hydrogen) atoms. The molecule has 1 nitrogen and oxygen atoms in total. The normalized spacial score (nSPS) is 15.8. The zero-order valence-electron chi connectivity index (χ0n) is 9.01. The van der Waals surface area contributed by atoms with Gasteiger partial charge in [-0.1, -0.05) is 11.6 Å². The largest absolute Gasteiger partial charge is 0.381 e. The SMILES string of the molecule is CC(C)=CCCCCOCC1CC1. The highest BCUT2D eigenvalue weighted by atomic mass is 16.5. The highest BCUT2D eigenvalue weighted by Gasteiger charge is 2.20. The minimum absolute atomic E-state index is 0.915. The molecule has 0 heterocycles. The summed E-state index contributed by atoms with van der Waals surface area (Å²) in [6.07, 6.45) is 8.82. The van der Waals surface area contributed by atoms with E-state index >= 15 is 0 Å². The molecule has 0 saturated heterocycles. The lowest BCUT2D eigenvalue weighted by molar-refractivity contribution is 0.121. The van der Waals surface area contributed by atoms with Gasteiger partial charge in [0.05, 0.1) is 0 Å². The van der Waals surface area contributed by atoms with E-state index in [-0.39, 0.29) is 0 Å². The van der Waals surface area contributed by atoms with Crippen LogP contribution in [0.1, 0.15) is 46.0 Å². The van der Waals surface area contributed by atoms with Gasteiger partial charge in [-0.05, 0) is 51.9 Å². The Kier molecular flexibility index (Phi) is 5.14. The Labute approximate surface area is 82.2 Å². The summed E-state index contributed by atoms with van der Waals surface area (Å²) in [6, 6.07) is 0. The topological polar surface area (TPSA) is 9.23 Å². The summed E-state index contributed by atoms with van der Waals surface area (Å²) < 4.78 is 5.54. The van der Waals surface area contributed by atoms with E-state index in [0.29, 0.717) is 0 Å². The lowest BCUT2D eigenvalue weighted by Gasteiger charge is -2.01. The molecule has 1 saturated carbocycles. The molecule has 0 radical (unpaired) electrons. The summed E-state index contributed by atoms with van der Waals surface area (Å²) in [7, 11) is 0. The maximum atomic E-state index is 5.54. The van der Waals surface area contributed by atoms with Gasteiger partial charge in [-0.25, -0.2) is 0 Å². The van der Waals surface area contributed by atoms with Crippen molar-refractivity contribution in [2.45, 2.75) is 46.0 Å². The lowest BCUT2D eigenvalue weighted by atomic mass is 10.2. The molecule has 0 aliphatic heterocycles. The minimum atomic E-state index is 0.915. The summed E-state index contributed by atoms with van der Waals surface area (Å²) in [5, 5.41) is 0. The molecule has 1 aliphatic rings. The van der Waals surface area contributed by atoms with Gasteiger partial charge in [0.2, 0.25) is 0 Å². The zero-order chi connectivity index (χ0) is 9.52. The second kappa shape index (κ2) is 6.20. The van der Waals surface area contributed by atoms with E-state index in [1.165, 1.54) is 37.7 Å². The maximum Gasteiger partial charge on any atom is 0.0494 e. The van der Waals surface area contributed by atoms with Gasteiger partial charge < -0.3 is 4.74 Å². The number of ether oxygens (including phenoxy) is 1. The minimum Gasteiger partial charge on any atom is -0.381 e. The number of hydrogen-bond acceptors (Lipinski definition) is 1. The first-order valence-electron chi connectivity index (χ1n) is 5.50. The van der Waals surface area contributed by atoms with Crippen LogP contribution in [0.25, 0.3) is 0 Å². The van der Waals surface area contributed by atoms with Gasteiger partial charge in [0.1, 0.15) is 0 Å². The average Bonchev–Trinajstić information content (AvgIpc) is 2.86. The van der Waals surface area contributed by atoms with Crippen LogP contribution in [0.15, 0.2) is 11.6 Å². The van der Waals surface area contributed by atoms with Gasteiger partial charge >= 0.3 is 0 Å². The molecule has 0 aromatic rings. The van der Waals surface area contributed by atoms with Crippen LogP contribution >= 0.6 is 0 Å². The lowest BCUT2D eigenvalue weighted by Crippen LogP contribution is -1.97. The molecule has 0 bridgehead atoms. The predicted octanol–water partition coefficient (Wildman–Crippen LogP) is 3.55. The van der Waals surface area contributed by atoms with Crippen molar-refractivity contribution < 1.29 is 4.74 Å². The molecule has 76 valence electrons. The van der Waals surface area contributed by atoms with Crippen molar-refractivity contribution in [1.29, 1.82) is 0 Å². The van der Waals surface area contributed by atoms with Crippen LogP contribution in [-0.4, -0.2) is 13.2 Å². The maximum absolute atomic E-state index is 5.54. The molecular weight excluding hydrogens is 160 g/mol. The summed E-state index contributed by atoms with van der Waals surface area (Å²) in [6.45, 7) is 6.29. The van der Waals surface area contributed by atoms with Crippen molar-refractivity contribution in [2.24, 2.45) is 5.92 Å². The Morgan fingerprint density at radius 1 is 1.31 bits per heavy atom. The highest BCUT2D eigenvalue weighted by Crippen LogP contribution is 2.28. The monoisotopic (exact) mass is 182 g/mol. The standard InChI is InChI=1S/C12H22O/c1-11(2)6-4-3-5-9-13-10-12-7-8-12/h6,12H,3-5,7-10H2,1-2H3. The van der Waals surface area contributed by atoms with E-state index in [1.54, 1.807) is 0 Å². The molecule has 0 atom stereocenters. The van der Waals surface area contributed by atoms with Crippen molar-refractivity contribution in [3.63, 3.8) is 0 Å². The number of rotatable bonds is 7. The molecule has 1 aliphatic carbocycles. The van der Waals surface area contributed by atoms with E-state index in [2.05, 4.69) is 19.9 Å². The second-order valence-corrected chi connectivity index (χ2v) is 4.30. The molecule has 1 fully saturated rings. The van der Waals surface area contributed by atoms with E-state index < -0.39 is 0 Å². The second-order valence-electron chi connectivity index (χ2n) is 4.30. The Hall–Kier alpha value is -0.300. The average molecular weight is 182 g/mol. The third-order valence-electron chi connectivity index (χ3n) is 2.35. The van der Waals surface area contributed by atoms with Gasteiger partial charge in [-0.15, -0.1) is 0 Å². The highest BCUT2D eigenvalue weighted by molar-refractivity contribution is 4.92. The van der Waals surface area contributed by atoms with Gasteiger partial charge in [-0.3, -0.25) is 0 Å². The molecular formula is C12H22O. The van der Waals surface area contributed by atoms with Crippen LogP contribution in [0.4, 0.5) is 0 Å². The summed E-state index contributed by atoms with van der Waals surface area (Å²) in [5.74, 6) is 0.915. The van der Waals surface area contributed by atoms with Crippen LogP contribution in [-0.2, 0) is 4.74 Å². The zero-order valence-corrected chi connectivity index (χ0v) is 9.01. The van der Waals surface area contributed by atoms with E-state index in [4.69, 9.17) is 4.74 Å². The van der Waals surface area contributed by atoms with Crippen LogP contribution in [0.5, 0.6) is 0 Å². The molecule has 1 heteroatoms. The summed E-state index contributed by atoms with van der Waals surface area (Å²) in [4.78, 5) is 0. The van der Waals surface area contributed by atoms with Crippen LogP contribution in [0.2, 0.25) is 0 Å². The van der Waals surface area contributed by atoms with Gasteiger partial charge in [0.15, 0.2) is 0 Å². The van der Waals surface area contributed by atoms with E-state index in [0.717, 1.165) is 19.1 Å². The van der Waals surface area contributed by atoms with Crippen LogP contribution in [0.3, 0.4) is 0 Å². The fraction of sp³-hybridized carbons (Fsp3) is 0.833. The Morgan fingerprint density at radius 2 is 2.08 bits per heavy atom. The molecule has 0 aromatic heterocycles. The predicted molar refractivity (Wildman–Crippen MR) is 56.8 cm³/mol. The van der Waals surface area contributed by atoms with E-state index in [9.17, 15) is 0 Å². The quantitative estimate of drug-likeness (QED) is 0.432. The van der Waals surface area contributed by atoms with Crippen LogP contribution < -0.4 is 0 Å². The molecule has 0 spiro atoms. The van der Waals surface area contributed by atoms with Crippen molar-refractivity contribution in [3.05, 3.63) is 11.6 Å². The van der Waals surface area contributed by atoms with Crippen molar-refractivity contribution >= 4 is 0 Å². The smallest absolute Gasteiger partial charge is 0.0494 e. The third-order valence-corrected chi connectivity index (χ3v) is 2.35. The van der Waals surface area contributed by atoms with Crippen molar-refractivity contribution in [2.75, 3.05) is 13.2 Å². The summed E-state index contributed by atoms with van der Waals surface area (Å²) >= 11 is 0. The number of hydrogen-bond donors (Lipinski definition) is 0. The molecule has 0 amide bonds. The molecule has 1 rings (SSSR count). The Balaban J connectivity index is 1.75. The molecule has 0 N–H and O–H groups in total. The van der Waals surface area contributed by atoms with Gasteiger partial charge in [-0.2, -0.15) is 0 Å². The van der Waals surface area contributed by atoms with Gasteiger partial charge in [0, 0.05) is 13.2 Å². The molecule has 0 aromatic carbocycles. The van der Waals surface area contributed by atoms with Crippen molar-refractivity contribution in [1.82, 2.24) is 0 Å². The first kappa shape index (κ1) is 10.8. The first-order chi connectivity index (χ1) is 6.29. The van der Waals surface area contributed by atoms with Crippen molar-refractivity contribution in [3.8, 4) is 0 Å². The number of allylic oxidation sites excluding steroid dienone is 2.